The molecule has 21 heavy (non-hydrogen) atoms. The van der Waals surface area contributed by atoms with Gasteiger partial charge in [-0.25, -0.2) is 0 Å². The van der Waals surface area contributed by atoms with Crippen molar-refractivity contribution in [3.8, 4) is 0 Å². The lowest BCUT2D eigenvalue weighted by Gasteiger charge is -2.30. The van der Waals surface area contributed by atoms with Gasteiger partial charge in [-0.05, 0) is 40.3 Å². The van der Waals surface area contributed by atoms with Crippen LogP contribution in [0.4, 0.5) is 17.8 Å². The van der Waals surface area contributed by atoms with Gasteiger partial charge in [-0.1, -0.05) is 0 Å². The van der Waals surface area contributed by atoms with Gasteiger partial charge >= 0.3 is 0 Å². The van der Waals surface area contributed by atoms with E-state index in [-0.39, 0.29) is 0 Å². The van der Waals surface area contributed by atoms with Gasteiger partial charge in [0.15, 0.2) is 0 Å². The number of likely N-dealkylation sites (N-methyl/N-ethyl adjacent to an activating group) is 1. The number of likely N-dealkylation sites (tertiary alicyclic amines) is 1. The van der Waals surface area contributed by atoms with E-state index in [4.69, 9.17) is 0 Å². The zero-order valence-electron chi connectivity index (χ0n) is 13.6. The minimum Gasteiger partial charge on any atom is -0.357 e. The molecule has 1 unspecified atom stereocenters. The third kappa shape index (κ3) is 4.17. The first kappa shape index (κ1) is 15.8. The lowest BCUT2D eigenvalue weighted by atomic mass is 10.1. The minimum atomic E-state index is 0.403. The summed E-state index contributed by atoms with van der Waals surface area (Å²) in [6.07, 6.45) is 2.37. The van der Waals surface area contributed by atoms with Crippen LogP contribution in [0.15, 0.2) is 0 Å². The van der Waals surface area contributed by atoms with Gasteiger partial charge in [-0.3, -0.25) is 0 Å². The summed E-state index contributed by atoms with van der Waals surface area (Å²) in [7, 11) is 3.99. The lowest BCUT2D eigenvalue weighted by molar-refractivity contribution is 0.260. The number of nitrogens with one attached hydrogen (secondary N) is 2. The molecular weight excluding hydrogens is 266 g/mol. The normalized spacial score (nSPS) is 19.3. The molecule has 1 aromatic rings. The first-order valence-corrected chi connectivity index (χ1v) is 7.80. The molecular formula is C14H27N7. The molecule has 0 amide bonds. The second-order valence-corrected chi connectivity index (χ2v) is 5.45. The lowest BCUT2D eigenvalue weighted by Crippen LogP contribution is -2.40. The minimum absolute atomic E-state index is 0.403. The van der Waals surface area contributed by atoms with E-state index in [1.165, 1.54) is 13.0 Å². The third-order valence-corrected chi connectivity index (χ3v) is 3.85. The molecule has 1 aliphatic rings. The van der Waals surface area contributed by atoms with Crippen molar-refractivity contribution in [2.24, 2.45) is 0 Å². The largest absolute Gasteiger partial charge is 0.357 e. The monoisotopic (exact) mass is 293 g/mol. The molecule has 1 aliphatic heterocycles. The van der Waals surface area contributed by atoms with Crippen molar-refractivity contribution in [3.63, 3.8) is 0 Å². The summed E-state index contributed by atoms with van der Waals surface area (Å²) in [5.41, 5.74) is 0. The number of rotatable bonds is 6. The Hall–Kier alpha value is -1.63. The van der Waals surface area contributed by atoms with E-state index in [2.05, 4.69) is 56.3 Å². The fourth-order valence-corrected chi connectivity index (χ4v) is 2.66. The number of nitrogens with zero attached hydrogens (tertiary/aromatic N) is 5. The summed E-state index contributed by atoms with van der Waals surface area (Å²) in [6, 6.07) is 0.403. The molecule has 2 rings (SSSR count). The molecule has 0 aliphatic carbocycles. The first-order chi connectivity index (χ1) is 10.2. The highest BCUT2D eigenvalue weighted by Crippen LogP contribution is 2.16. The van der Waals surface area contributed by atoms with Gasteiger partial charge in [-0.2, -0.15) is 15.0 Å². The smallest absolute Gasteiger partial charge is 0.231 e. The Bertz CT molecular complexity index is 447. The molecule has 118 valence electrons. The number of hydrogen-bond donors (Lipinski definition) is 2. The molecule has 0 radical (unpaired) electrons. The molecule has 1 fully saturated rings. The van der Waals surface area contributed by atoms with Crippen molar-refractivity contribution in [1.29, 1.82) is 0 Å². The van der Waals surface area contributed by atoms with Crippen LogP contribution in [0.5, 0.6) is 0 Å². The molecule has 0 saturated carbocycles. The Morgan fingerprint density at radius 1 is 1.19 bits per heavy atom. The Labute approximate surface area is 127 Å². The van der Waals surface area contributed by atoms with Crippen LogP contribution in [0.2, 0.25) is 0 Å². The van der Waals surface area contributed by atoms with Crippen LogP contribution < -0.4 is 15.5 Å². The Balaban J connectivity index is 2.16. The van der Waals surface area contributed by atoms with Crippen LogP contribution in [0.1, 0.15) is 26.7 Å². The SMILES string of the molecule is CCN(CC)c1nc(NC)nc(NC2CCCN(C)C2)n1. The number of anilines is 3. The van der Waals surface area contributed by atoms with Crippen LogP contribution in [0, 0.1) is 0 Å². The van der Waals surface area contributed by atoms with Crippen LogP contribution in [0.25, 0.3) is 0 Å². The predicted molar refractivity (Wildman–Crippen MR) is 87.1 cm³/mol. The van der Waals surface area contributed by atoms with E-state index in [1.807, 2.05) is 7.05 Å². The quantitative estimate of drug-likeness (QED) is 0.818. The van der Waals surface area contributed by atoms with Gasteiger partial charge in [0, 0.05) is 32.7 Å². The van der Waals surface area contributed by atoms with Gasteiger partial charge in [-0.15, -0.1) is 0 Å². The van der Waals surface area contributed by atoms with Crippen molar-refractivity contribution in [2.75, 3.05) is 55.8 Å². The maximum atomic E-state index is 4.58. The molecule has 2 N–H and O–H groups in total. The van der Waals surface area contributed by atoms with E-state index in [1.54, 1.807) is 0 Å². The molecule has 1 aromatic heterocycles. The Kier molecular flexibility index (Phi) is 5.55. The van der Waals surface area contributed by atoms with Crippen molar-refractivity contribution in [3.05, 3.63) is 0 Å². The van der Waals surface area contributed by atoms with Gasteiger partial charge in [0.25, 0.3) is 0 Å². The second kappa shape index (κ2) is 7.40. The van der Waals surface area contributed by atoms with Gasteiger partial charge in [0.05, 0.1) is 0 Å². The summed E-state index contributed by atoms with van der Waals surface area (Å²) in [6.45, 7) is 8.18. The maximum absolute atomic E-state index is 4.58. The van der Waals surface area contributed by atoms with Crippen molar-refractivity contribution < 1.29 is 0 Å². The van der Waals surface area contributed by atoms with E-state index < -0.39 is 0 Å². The standard InChI is InChI=1S/C14H27N7/c1-5-21(6-2)14-18-12(15-3)17-13(19-14)16-11-8-7-9-20(4)10-11/h11H,5-10H2,1-4H3,(H2,15,16,17,18,19). The van der Waals surface area contributed by atoms with Crippen molar-refractivity contribution in [1.82, 2.24) is 19.9 Å². The van der Waals surface area contributed by atoms with Crippen LogP contribution >= 0.6 is 0 Å². The second-order valence-electron chi connectivity index (χ2n) is 5.45. The average Bonchev–Trinajstić information content (AvgIpc) is 2.48. The molecule has 0 spiro atoms. The Morgan fingerprint density at radius 2 is 1.90 bits per heavy atom. The van der Waals surface area contributed by atoms with Crippen molar-refractivity contribution >= 4 is 17.8 Å². The van der Waals surface area contributed by atoms with Crippen LogP contribution in [-0.2, 0) is 0 Å². The fourth-order valence-electron chi connectivity index (χ4n) is 2.66. The third-order valence-electron chi connectivity index (χ3n) is 3.85. The topological polar surface area (TPSA) is 69.2 Å². The number of piperidine rings is 1. The first-order valence-electron chi connectivity index (χ1n) is 7.80. The summed E-state index contributed by atoms with van der Waals surface area (Å²) >= 11 is 0. The van der Waals surface area contributed by atoms with Gasteiger partial charge < -0.3 is 20.4 Å². The van der Waals surface area contributed by atoms with E-state index >= 15 is 0 Å². The highest BCUT2D eigenvalue weighted by atomic mass is 15.3. The highest BCUT2D eigenvalue weighted by molar-refractivity contribution is 5.43. The Morgan fingerprint density at radius 3 is 2.52 bits per heavy atom. The van der Waals surface area contributed by atoms with Crippen LogP contribution in [0.3, 0.4) is 0 Å². The van der Waals surface area contributed by atoms with Gasteiger partial charge in [0.2, 0.25) is 17.8 Å². The number of hydrogen-bond acceptors (Lipinski definition) is 7. The molecule has 7 nitrogen and oxygen atoms in total. The molecule has 1 saturated heterocycles. The van der Waals surface area contributed by atoms with Crippen molar-refractivity contribution in [2.45, 2.75) is 32.7 Å². The van der Waals surface area contributed by atoms with Crippen LogP contribution in [-0.4, -0.2) is 66.2 Å². The predicted octanol–water partition coefficient (Wildman–Crippen LogP) is 1.27. The number of aromatic nitrogens is 3. The molecule has 0 aromatic carbocycles. The average molecular weight is 293 g/mol. The summed E-state index contributed by atoms with van der Waals surface area (Å²) in [4.78, 5) is 17.9. The molecule has 2 heterocycles. The van der Waals surface area contributed by atoms with E-state index in [9.17, 15) is 0 Å². The molecule has 1 atom stereocenters. The van der Waals surface area contributed by atoms with Gasteiger partial charge in [0.1, 0.15) is 0 Å². The van der Waals surface area contributed by atoms with E-state index in [0.717, 1.165) is 32.0 Å². The fraction of sp³-hybridized carbons (Fsp3) is 0.786. The summed E-state index contributed by atoms with van der Waals surface area (Å²) < 4.78 is 0. The molecule has 0 bridgehead atoms. The van der Waals surface area contributed by atoms with E-state index in [0.29, 0.717) is 17.9 Å². The zero-order chi connectivity index (χ0) is 15.2. The summed E-state index contributed by atoms with van der Waals surface area (Å²) in [5, 5.41) is 6.48. The highest BCUT2D eigenvalue weighted by Gasteiger charge is 2.19. The molecule has 7 heteroatoms. The zero-order valence-corrected chi connectivity index (χ0v) is 13.6. The summed E-state index contributed by atoms with van der Waals surface area (Å²) in [5.74, 6) is 2.00. The maximum Gasteiger partial charge on any atom is 0.231 e.